The van der Waals surface area contributed by atoms with Crippen LogP contribution in [0.2, 0.25) is 0 Å². The SMILES string of the molecule is Cc1nn(-c2ccccc2)c(C)c1CC(=O)OCC(=O)N1CCCc2ccccc21. The molecule has 2 heterocycles. The number of amides is 1. The first-order valence-electron chi connectivity index (χ1n) is 10.2. The Hall–Kier alpha value is -3.41. The Morgan fingerprint density at radius 3 is 2.57 bits per heavy atom. The lowest BCUT2D eigenvalue weighted by Gasteiger charge is -2.29. The van der Waals surface area contributed by atoms with Crippen LogP contribution in [0.1, 0.15) is 28.9 Å². The second kappa shape index (κ2) is 8.53. The number of carbonyl (C=O) groups excluding carboxylic acids is 2. The van der Waals surface area contributed by atoms with Crippen LogP contribution < -0.4 is 4.90 Å². The summed E-state index contributed by atoms with van der Waals surface area (Å²) in [4.78, 5) is 26.9. The number of benzene rings is 2. The molecule has 0 radical (unpaired) electrons. The summed E-state index contributed by atoms with van der Waals surface area (Å²) in [6.07, 6.45) is 1.96. The molecule has 0 unspecified atom stereocenters. The van der Waals surface area contributed by atoms with Crippen molar-refractivity contribution < 1.29 is 14.3 Å². The number of ether oxygens (including phenoxy) is 1. The summed E-state index contributed by atoms with van der Waals surface area (Å²) in [5.41, 5.74) is 5.52. The van der Waals surface area contributed by atoms with Crippen molar-refractivity contribution in [3.8, 4) is 5.69 Å². The van der Waals surface area contributed by atoms with Gasteiger partial charge in [0.15, 0.2) is 6.61 Å². The maximum absolute atomic E-state index is 12.7. The molecular formula is C24H25N3O3. The molecule has 6 nitrogen and oxygen atoms in total. The maximum atomic E-state index is 12.7. The first kappa shape index (κ1) is 19.9. The fraction of sp³-hybridized carbons (Fsp3) is 0.292. The molecule has 0 aliphatic carbocycles. The fourth-order valence-corrected chi connectivity index (χ4v) is 3.96. The van der Waals surface area contributed by atoms with Crippen LogP contribution in [0.4, 0.5) is 5.69 Å². The smallest absolute Gasteiger partial charge is 0.310 e. The van der Waals surface area contributed by atoms with Crippen LogP contribution in [-0.4, -0.2) is 34.8 Å². The van der Waals surface area contributed by atoms with Gasteiger partial charge in [0.1, 0.15) is 0 Å². The van der Waals surface area contributed by atoms with E-state index in [0.29, 0.717) is 6.54 Å². The van der Waals surface area contributed by atoms with E-state index in [2.05, 4.69) is 5.10 Å². The van der Waals surface area contributed by atoms with E-state index in [1.165, 1.54) is 0 Å². The molecule has 0 atom stereocenters. The van der Waals surface area contributed by atoms with E-state index in [-0.39, 0.29) is 18.9 Å². The molecule has 4 rings (SSSR count). The zero-order chi connectivity index (χ0) is 21.1. The molecule has 1 aromatic heterocycles. The van der Waals surface area contributed by atoms with Gasteiger partial charge in [0.2, 0.25) is 0 Å². The van der Waals surface area contributed by atoms with Crippen molar-refractivity contribution >= 4 is 17.6 Å². The van der Waals surface area contributed by atoms with Crippen molar-refractivity contribution in [1.29, 1.82) is 0 Å². The standard InChI is InChI=1S/C24H25N3O3/c1-17-21(18(2)27(25-17)20-11-4-3-5-12-20)15-24(29)30-16-23(28)26-14-8-10-19-9-6-7-13-22(19)26/h3-7,9,11-13H,8,10,14-16H2,1-2H3. The minimum Gasteiger partial charge on any atom is -0.455 e. The van der Waals surface area contributed by atoms with E-state index >= 15 is 0 Å². The molecule has 1 aliphatic heterocycles. The monoisotopic (exact) mass is 403 g/mol. The van der Waals surface area contributed by atoms with Crippen LogP contribution in [0.15, 0.2) is 54.6 Å². The van der Waals surface area contributed by atoms with E-state index in [4.69, 9.17) is 4.74 Å². The highest BCUT2D eigenvalue weighted by atomic mass is 16.5. The summed E-state index contributed by atoms with van der Waals surface area (Å²) < 4.78 is 7.16. The maximum Gasteiger partial charge on any atom is 0.310 e. The van der Waals surface area contributed by atoms with E-state index < -0.39 is 5.97 Å². The van der Waals surface area contributed by atoms with Gasteiger partial charge < -0.3 is 9.64 Å². The van der Waals surface area contributed by atoms with Crippen LogP contribution in [0.5, 0.6) is 0 Å². The number of aromatic nitrogens is 2. The molecule has 1 amide bonds. The molecule has 154 valence electrons. The number of esters is 1. The largest absolute Gasteiger partial charge is 0.455 e. The van der Waals surface area contributed by atoms with Crippen molar-refractivity contribution in [3.63, 3.8) is 0 Å². The third kappa shape index (κ3) is 3.99. The van der Waals surface area contributed by atoms with Gasteiger partial charge in [-0.2, -0.15) is 5.10 Å². The summed E-state index contributed by atoms with van der Waals surface area (Å²) in [6, 6.07) is 17.7. The Balaban J connectivity index is 1.40. The van der Waals surface area contributed by atoms with Gasteiger partial charge in [-0.15, -0.1) is 0 Å². The molecule has 2 aromatic carbocycles. The van der Waals surface area contributed by atoms with Crippen molar-refractivity contribution in [2.45, 2.75) is 33.1 Å². The normalized spacial score (nSPS) is 13.1. The second-order valence-electron chi connectivity index (χ2n) is 7.51. The second-order valence-corrected chi connectivity index (χ2v) is 7.51. The van der Waals surface area contributed by atoms with Gasteiger partial charge in [0.05, 0.1) is 17.8 Å². The average molecular weight is 403 g/mol. The molecule has 0 saturated carbocycles. The van der Waals surface area contributed by atoms with E-state index in [1.54, 1.807) is 4.90 Å². The third-order valence-electron chi connectivity index (χ3n) is 5.53. The fourth-order valence-electron chi connectivity index (χ4n) is 3.96. The van der Waals surface area contributed by atoms with E-state index in [0.717, 1.165) is 46.7 Å². The molecule has 0 N–H and O–H groups in total. The number of carbonyl (C=O) groups is 2. The minimum absolute atomic E-state index is 0.0916. The Bertz CT molecular complexity index is 1070. The zero-order valence-corrected chi connectivity index (χ0v) is 17.3. The number of hydrogen-bond acceptors (Lipinski definition) is 4. The van der Waals surface area contributed by atoms with Gasteiger partial charge in [-0.05, 0) is 50.5 Å². The Morgan fingerprint density at radius 2 is 1.77 bits per heavy atom. The third-order valence-corrected chi connectivity index (χ3v) is 5.53. The highest BCUT2D eigenvalue weighted by Crippen LogP contribution is 2.26. The number of aryl methyl sites for hydroxylation is 2. The number of anilines is 1. The van der Waals surface area contributed by atoms with Crippen LogP contribution >= 0.6 is 0 Å². The molecule has 0 bridgehead atoms. The number of nitrogens with zero attached hydrogens (tertiary/aromatic N) is 3. The minimum atomic E-state index is -0.424. The van der Waals surface area contributed by atoms with Crippen molar-refractivity contribution in [1.82, 2.24) is 9.78 Å². The predicted molar refractivity (Wildman–Crippen MR) is 115 cm³/mol. The van der Waals surface area contributed by atoms with Crippen molar-refractivity contribution in [3.05, 3.63) is 77.1 Å². The first-order valence-corrected chi connectivity index (χ1v) is 10.2. The summed E-state index contributed by atoms with van der Waals surface area (Å²) >= 11 is 0. The lowest BCUT2D eigenvalue weighted by Crippen LogP contribution is -2.38. The molecule has 30 heavy (non-hydrogen) atoms. The van der Waals surface area contributed by atoms with Gasteiger partial charge in [-0.25, -0.2) is 4.68 Å². The molecule has 0 spiro atoms. The lowest BCUT2D eigenvalue weighted by atomic mass is 10.0. The summed E-state index contributed by atoms with van der Waals surface area (Å²) in [7, 11) is 0. The average Bonchev–Trinajstić information content (AvgIpc) is 3.06. The predicted octanol–water partition coefficient (Wildman–Crippen LogP) is 3.55. The highest BCUT2D eigenvalue weighted by molar-refractivity contribution is 5.96. The van der Waals surface area contributed by atoms with Gasteiger partial charge >= 0.3 is 5.97 Å². The lowest BCUT2D eigenvalue weighted by molar-refractivity contribution is -0.147. The molecule has 6 heteroatoms. The van der Waals surface area contributed by atoms with Gasteiger partial charge in [0.25, 0.3) is 5.91 Å². The number of para-hydroxylation sites is 2. The van der Waals surface area contributed by atoms with Crippen LogP contribution in [-0.2, 0) is 27.2 Å². The number of fused-ring (bicyclic) bond motifs is 1. The van der Waals surface area contributed by atoms with Crippen LogP contribution in [0.25, 0.3) is 5.69 Å². The summed E-state index contributed by atoms with van der Waals surface area (Å²) in [5.74, 6) is -0.614. The Morgan fingerprint density at radius 1 is 1.03 bits per heavy atom. The Labute approximate surface area is 176 Å². The highest BCUT2D eigenvalue weighted by Gasteiger charge is 2.23. The Kier molecular flexibility index (Phi) is 5.65. The van der Waals surface area contributed by atoms with Crippen molar-refractivity contribution in [2.75, 3.05) is 18.1 Å². The van der Waals surface area contributed by atoms with Crippen molar-refractivity contribution in [2.24, 2.45) is 0 Å². The van der Waals surface area contributed by atoms with Crippen LogP contribution in [0, 0.1) is 13.8 Å². The summed E-state index contributed by atoms with van der Waals surface area (Å²) in [6.45, 7) is 4.21. The number of rotatable bonds is 5. The molecule has 0 fully saturated rings. The van der Waals surface area contributed by atoms with Crippen LogP contribution in [0.3, 0.4) is 0 Å². The quantitative estimate of drug-likeness (QED) is 0.611. The van der Waals surface area contributed by atoms with E-state index in [1.807, 2.05) is 73.1 Å². The number of hydrogen-bond donors (Lipinski definition) is 0. The first-order chi connectivity index (χ1) is 14.5. The van der Waals surface area contributed by atoms with Gasteiger partial charge in [-0.1, -0.05) is 36.4 Å². The zero-order valence-electron chi connectivity index (χ0n) is 17.3. The van der Waals surface area contributed by atoms with E-state index in [9.17, 15) is 9.59 Å². The van der Waals surface area contributed by atoms with Gasteiger partial charge in [0, 0.05) is 23.5 Å². The molecule has 3 aromatic rings. The molecule has 1 aliphatic rings. The van der Waals surface area contributed by atoms with Gasteiger partial charge in [-0.3, -0.25) is 9.59 Å². The molecule has 0 saturated heterocycles. The summed E-state index contributed by atoms with van der Waals surface area (Å²) in [5, 5.41) is 4.56. The topological polar surface area (TPSA) is 64.4 Å². The molecular weight excluding hydrogens is 378 g/mol.